The van der Waals surface area contributed by atoms with E-state index in [1.807, 2.05) is 19.1 Å². The second-order valence-corrected chi connectivity index (χ2v) is 7.88. The van der Waals surface area contributed by atoms with Gasteiger partial charge < -0.3 is 5.32 Å². The lowest BCUT2D eigenvalue weighted by Crippen LogP contribution is -2.29. The Morgan fingerprint density at radius 2 is 2.23 bits per heavy atom. The number of nitrogens with one attached hydrogen (secondary N) is 1. The Bertz CT molecular complexity index is 936. The molecule has 0 radical (unpaired) electrons. The number of thiophene rings is 1. The topological polar surface area (TPSA) is 64.0 Å². The lowest BCUT2D eigenvalue weighted by atomic mass is 10.1. The van der Waals surface area contributed by atoms with Crippen LogP contribution in [0, 0.1) is 6.92 Å². The van der Waals surface area contributed by atoms with Crippen LogP contribution in [0.4, 0.5) is 0 Å². The summed E-state index contributed by atoms with van der Waals surface area (Å²) in [5, 5.41) is 7.71. The van der Waals surface area contributed by atoms with Crippen molar-refractivity contribution in [2.45, 2.75) is 25.6 Å². The summed E-state index contributed by atoms with van der Waals surface area (Å²) in [5.41, 5.74) is 2.92. The molecule has 0 saturated carbocycles. The Hall–Kier alpha value is -2.12. The van der Waals surface area contributed by atoms with Gasteiger partial charge in [-0.3, -0.25) is 14.2 Å². The van der Waals surface area contributed by atoms with Crippen LogP contribution in [0.3, 0.4) is 0 Å². The highest BCUT2D eigenvalue weighted by Gasteiger charge is 2.07. The average Bonchev–Trinajstić information content (AvgIpc) is 3.15. The van der Waals surface area contributed by atoms with Gasteiger partial charge in [-0.1, -0.05) is 12.1 Å². The molecule has 2 aromatic heterocycles. The van der Waals surface area contributed by atoms with Crippen LogP contribution in [0.1, 0.15) is 17.5 Å². The van der Waals surface area contributed by atoms with Crippen molar-refractivity contribution in [3.63, 3.8) is 0 Å². The zero-order chi connectivity index (χ0) is 18.4. The summed E-state index contributed by atoms with van der Waals surface area (Å²) in [5.74, 6) is 1.80. The first-order valence-corrected chi connectivity index (χ1v) is 10.5. The minimum absolute atomic E-state index is 0.0441. The fourth-order valence-electron chi connectivity index (χ4n) is 2.63. The molecule has 1 amide bonds. The summed E-state index contributed by atoms with van der Waals surface area (Å²) in [6.07, 6.45) is 1.80. The quantitative estimate of drug-likeness (QED) is 0.603. The third-order valence-corrected chi connectivity index (χ3v) is 5.81. The SMILES string of the molecule is Cc1cccc2c(=O)n(CCC(=O)NCCSCc3ccsc3)cnc12. The molecule has 0 saturated heterocycles. The molecule has 7 heteroatoms. The highest BCUT2D eigenvalue weighted by molar-refractivity contribution is 7.98. The van der Waals surface area contributed by atoms with Crippen LogP contribution < -0.4 is 10.9 Å². The van der Waals surface area contributed by atoms with E-state index >= 15 is 0 Å². The van der Waals surface area contributed by atoms with E-state index in [9.17, 15) is 9.59 Å². The summed E-state index contributed by atoms with van der Waals surface area (Å²) in [4.78, 5) is 28.8. The van der Waals surface area contributed by atoms with Crippen molar-refractivity contribution in [1.29, 1.82) is 0 Å². The maximum atomic E-state index is 12.5. The fourth-order valence-corrected chi connectivity index (χ4v) is 4.21. The Labute approximate surface area is 160 Å². The van der Waals surface area contributed by atoms with Gasteiger partial charge in [-0.25, -0.2) is 4.98 Å². The van der Waals surface area contributed by atoms with Crippen molar-refractivity contribution in [2.24, 2.45) is 0 Å². The van der Waals surface area contributed by atoms with Crippen LogP contribution in [0.2, 0.25) is 0 Å². The zero-order valence-corrected chi connectivity index (χ0v) is 16.2. The van der Waals surface area contributed by atoms with Gasteiger partial charge in [-0.15, -0.1) is 0 Å². The number of rotatable bonds is 8. The lowest BCUT2D eigenvalue weighted by molar-refractivity contribution is -0.121. The van der Waals surface area contributed by atoms with E-state index in [-0.39, 0.29) is 17.9 Å². The lowest BCUT2D eigenvalue weighted by Gasteiger charge is -2.08. The number of hydrogen-bond donors (Lipinski definition) is 1. The predicted octanol–water partition coefficient (Wildman–Crippen LogP) is 3.21. The standard InChI is InChI=1S/C19H21N3O2S2/c1-14-3-2-4-16-18(14)21-13-22(19(16)24)8-5-17(23)20-7-10-26-12-15-6-9-25-11-15/h2-4,6,9,11,13H,5,7-8,10,12H2,1H3,(H,20,23). The molecule has 5 nitrogen and oxygen atoms in total. The van der Waals surface area contributed by atoms with Gasteiger partial charge in [0.25, 0.3) is 5.56 Å². The molecule has 0 bridgehead atoms. The van der Waals surface area contributed by atoms with E-state index in [2.05, 4.69) is 27.1 Å². The largest absolute Gasteiger partial charge is 0.355 e. The molecule has 0 spiro atoms. The minimum atomic E-state index is -0.0992. The molecular formula is C19H21N3O2S2. The maximum Gasteiger partial charge on any atom is 0.261 e. The van der Waals surface area contributed by atoms with Gasteiger partial charge in [0.15, 0.2) is 0 Å². The molecule has 1 aromatic carbocycles. The molecule has 2 heterocycles. The number of carbonyl (C=O) groups excluding carboxylic acids is 1. The molecule has 0 unspecified atom stereocenters. The van der Waals surface area contributed by atoms with E-state index in [1.54, 1.807) is 29.2 Å². The minimum Gasteiger partial charge on any atom is -0.355 e. The van der Waals surface area contributed by atoms with Crippen molar-refractivity contribution >= 4 is 39.9 Å². The normalized spacial score (nSPS) is 11.0. The first kappa shape index (κ1) is 18.7. The molecule has 0 aliphatic rings. The van der Waals surface area contributed by atoms with Crippen LogP contribution in [0.15, 0.2) is 46.1 Å². The van der Waals surface area contributed by atoms with Crippen molar-refractivity contribution in [3.05, 3.63) is 62.8 Å². The van der Waals surface area contributed by atoms with Crippen molar-refractivity contribution in [3.8, 4) is 0 Å². The molecule has 0 aliphatic heterocycles. The predicted molar refractivity (Wildman–Crippen MR) is 109 cm³/mol. The van der Waals surface area contributed by atoms with Gasteiger partial charge in [0.05, 0.1) is 17.2 Å². The molecular weight excluding hydrogens is 366 g/mol. The summed E-state index contributed by atoms with van der Waals surface area (Å²) in [7, 11) is 0. The molecule has 0 fully saturated rings. The smallest absolute Gasteiger partial charge is 0.261 e. The van der Waals surface area contributed by atoms with Gasteiger partial charge in [0.2, 0.25) is 5.91 Å². The summed E-state index contributed by atoms with van der Waals surface area (Å²) < 4.78 is 1.51. The number of nitrogens with zero attached hydrogens (tertiary/aromatic N) is 2. The molecule has 3 rings (SSSR count). The van der Waals surface area contributed by atoms with Crippen LogP contribution >= 0.6 is 23.1 Å². The van der Waals surface area contributed by atoms with Crippen LogP contribution in [-0.4, -0.2) is 27.8 Å². The number of fused-ring (bicyclic) bond motifs is 1. The number of para-hydroxylation sites is 1. The first-order chi connectivity index (χ1) is 12.6. The number of carbonyl (C=O) groups is 1. The molecule has 3 aromatic rings. The second-order valence-electron chi connectivity index (χ2n) is 6.00. The van der Waals surface area contributed by atoms with E-state index in [0.717, 1.165) is 22.6 Å². The molecule has 26 heavy (non-hydrogen) atoms. The fraction of sp³-hybridized carbons (Fsp3) is 0.316. The first-order valence-electron chi connectivity index (χ1n) is 8.45. The number of aryl methyl sites for hydroxylation is 2. The van der Waals surface area contributed by atoms with E-state index in [1.165, 1.54) is 16.5 Å². The highest BCUT2D eigenvalue weighted by atomic mass is 32.2. The molecule has 0 atom stereocenters. The number of hydrogen-bond acceptors (Lipinski definition) is 5. The molecule has 1 N–H and O–H groups in total. The Morgan fingerprint density at radius 3 is 3.04 bits per heavy atom. The Kier molecular flexibility index (Phi) is 6.46. The maximum absolute atomic E-state index is 12.5. The van der Waals surface area contributed by atoms with E-state index in [4.69, 9.17) is 0 Å². The number of thioether (sulfide) groups is 1. The number of amides is 1. The molecule has 0 aliphatic carbocycles. The monoisotopic (exact) mass is 387 g/mol. The highest BCUT2D eigenvalue weighted by Crippen LogP contribution is 2.14. The Morgan fingerprint density at radius 1 is 1.35 bits per heavy atom. The zero-order valence-electron chi connectivity index (χ0n) is 14.6. The number of benzene rings is 1. The second kappa shape index (κ2) is 9.00. The van der Waals surface area contributed by atoms with Crippen LogP contribution in [0.5, 0.6) is 0 Å². The van der Waals surface area contributed by atoms with Crippen LogP contribution in [0.25, 0.3) is 10.9 Å². The van der Waals surface area contributed by atoms with Crippen molar-refractivity contribution < 1.29 is 4.79 Å². The van der Waals surface area contributed by atoms with Crippen LogP contribution in [-0.2, 0) is 17.1 Å². The third-order valence-electron chi connectivity index (χ3n) is 4.05. The van der Waals surface area contributed by atoms with Gasteiger partial charge >= 0.3 is 0 Å². The summed E-state index contributed by atoms with van der Waals surface area (Å²) >= 11 is 3.50. The molecule has 136 valence electrons. The Balaban J connectivity index is 1.45. The third kappa shape index (κ3) is 4.74. The van der Waals surface area contributed by atoms with Gasteiger partial charge in [-0.2, -0.15) is 23.1 Å². The van der Waals surface area contributed by atoms with Crippen molar-refractivity contribution in [1.82, 2.24) is 14.9 Å². The summed E-state index contributed by atoms with van der Waals surface area (Å²) in [6, 6.07) is 7.68. The van der Waals surface area contributed by atoms with E-state index < -0.39 is 0 Å². The van der Waals surface area contributed by atoms with Gasteiger partial charge in [0, 0.05) is 31.0 Å². The van der Waals surface area contributed by atoms with E-state index in [0.29, 0.717) is 18.5 Å². The van der Waals surface area contributed by atoms with Gasteiger partial charge in [-0.05, 0) is 40.9 Å². The average molecular weight is 388 g/mol. The number of aromatic nitrogens is 2. The van der Waals surface area contributed by atoms with Crippen molar-refractivity contribution in [2.75, 3.05) is 12.3 Å². The summed E-state index contributed by atoms with van der Waals surface area (Å²) in [6.45, 7) is 2.91. The van der Waals surface area contributed by atoms with Gasteiger partial charge in [0.1, 0.15) is 0 Å².